The molecule has 1 aliphatic carbocycles. The molecule has 0 saturated heterocycles. The molecular formula is C32H40N4O6S. The van der Waals surface area contributed by atoms with Gasteiger partial charge in [-0.3, -0.25) is 9.69 Å². The van der Waals surface area contributed by atoms with Gasteiger partial charge < -0.3 is 9.84 Å². The minimum Gasteiger partial charge on any atom is -0.480 e. The topological polar surface area (TPSA) is 130 Å². The van der Waals surface area contributed by atoms with Crippen LogP contribution in [0.25, 0.3) is 0 Å². The number of anilines is 1. The quantitative estimate of drug-likeness (QED) is 0.253. The highest BCUT2D eigenvalue weighted by atomic mass is 32.2. The molecule has 1 amide bonds. The first kappa shape index (κ1) is 32.1. The molecule has 11 heteroatoms. The predicted octanol–water partition coefficient (Wildman–Crippen LogP) is 5.92. The van der Waals surface area contributed by atoms with E-state index < -0.39 is 34.2 Å². The number of carbonyl (C=O) groups is 2. The number of hydrogen-bond acceptors (Lipinski definition) is 7. The van der Waals surface area contributed by atoms with Crippen molar-refractivity contribution in [3.63, 3.8) is 0 Å². The van der Waals surface area contributed by atoms with Gasteiger partial charge in [-0.1, -0.05) is 56.2 Å². The molecule has 0 radical (unpaired) electrons. The standard InChI is InChI=1S/C32H40N4O6S/c1-5-6-17-32(18-19-32)25-15-13-24(14-16-25)21-35(43(40,41)28-12-7-8-20-33-28)22-26-10-9-11-27(34-26)36(23-29(37)38)30(39)42-31(2,3)4/h7-16,20H,5-6,17-19,21-23H2,1-4H3,(H,37,38). The van der Waals surface area contributed by atoms with Crippen LogP contribution in [0.4, 0.5) is 10.6 Å². The molecule has 0 unspecified atom stereocenters. The molecule has 1 saturated carbocycles. The molecule has 1 aromatic carbocycles. The van der Waals surface area contributed by atoms with E-state index in [1.165, 1.54) is 47.5 Å². The van der Waals surface area contributed by atoms with Crippen LogP contribution >= 0.6 is 0 Å². The van der Waals surface area contributed by atoms with Gasteiger partial charge in [0.05, 0.1) is 12.2 Å². The zero-order chi connectivity index (χ0) is 31.3. The Labute approximate surface area is 253 Å². The number of amides is 1. The Morgan fingerprint density at radius 3 is 2.30 bits per heavy atom. The van der Waals surface area contributed by atoms with Gasteiger partial charge in [-0.15, -0.1) is 0 Å². The summed E-state index contributed by atoms with van der Waals surface area (Å²) < 4.78 is 34.3. The van der Waals surface area contributed by atoms with Crippen LogP contribution in [0.5, 0.6) is 0 Å². The Bertz CT molecular complexity index is 1520. The lowest BCUT2D eigenvalue weighted by atomic mass is 9.90. The van der Waals surface area contributed by atoms with E-state index in [2.05, 4.69) is 29.0 Å². The number of aliphatic carboxylic acids is 1. The number of carbonyl (C=O) groups excluding carboxylic acids is 1. The van der Waals surface area contributed by atoms with Gasteiger partial charge in [-0.2, -0.15) is 4.31 Å². The third-order valence-corrected chi connectivity index (χ3v) is 9.05. The van der Waals surface area contributed by atoms with E-state index in [0.29, 0.717) is 5.69 Å². The normalized spacial score (nSPS) is 14.3. The van der Waals surface area contributed by atoms with Gasteiger partial charge in [-0.05, 0) is 80.8 Å². The van der Waals surface area contributed by atoms with Crippen LogP contribution in [0.15, 0.2) is 71.9 Å². The van der Waals surface area contributed by atoms with Crippen LogP contribution in [-0.2, 0) is 38.1 Å². The number of hydrogen-bond donors (Lipinski definition) is 1. The number of sulfonamides is 1. The highest BCUT2D eigenvalue weighted by Crippen LogP contribution is 2.52. The van der Waals surface area contributed by atoms with Crippen LogP contribution < -0.4 is 4.90 Å². The molecule has 1 N–H and O–H groups in total. The van der Waals surface area contributed by atoms with Crippen LogP contribution in [0, 0.1) is 0 Å². The van der Waals surface area contributed by atoms with Crippen molar-refractivity contribution in [2.45, 2.75) is 88.9 Å². The fourth-order valence-corrected chi connectivity index (χ4v) is 6.28. The molecule has 1 aliphatic rings. The second-order valence-electron chi connectivity index (χ2n) is 12.0. The van der Waals surface area contributed by atoms with Crippen molar-refractivity contribution in [3.05, 3.63) is 83.7 Å². The molecule has 0 atom stereocenters. The molecule has 43 heavy (non-hydrogen) atoms. The molecule has 10 nitrogen and oxygen atoms in total. The number of ether oxygens (including phenoxy) is 1. The highest BCUT2D eigenvalue weighted by molar-refractivity contribution is 7.89. The van der Waals surface area contributed by atoms with Gasteiger partial charge in [0.2, 0.25) is 0 Å². The van der Waals surface area contributed by atoms with E-state index in [0.717, 1.165) is 23.3 Å². The largest absolute Gasteiger partial charge is 0.480 e. The Hall–Kier alpha value is -3.83. The van der Waals surface area contributed by atoms with Crippen molar-refractivity contribution in [2.75, 3.05) is 11.4 Å². The third kappa shape index (κ3) is 8.39. The van der Waals surface area contributed by atoms with Gasteiger partial charge in [-0.25, -0.2) is 23.2 Å². The lowest BCUT2D eigenvalue weighted by Gasteiger charge is -2.26. The molecule has 2 heterocycles. The van der Waals surface area contributed by atoms with Crippen LogP contribution in [0.3, 0.4) is 0 Å². The zero-order valence-corrected chi connectivity index (χ0v) is 26.0. The van der Waals surface area contributed by atoms with Gasteiger partial charge in [0.25, 0.3) is 10.0 Å². The summed E-state index contributed by atoms with van der Waals surface area (Å²) in [4.78, 5) is 33.9. The summed E-state index contributed by atoms with van der Waals surface area (Å²) in [6, 6.07) is 17.6. The Morgan fingerprint density at radius 1 is 1.00 bits per heavy atom. The monoisotopic (exact) mass is 608 g/mol. The lowest BCUT2D eigenvalue weighted by molar-refractivity contribution is -0.135. The summed E-state index contributed by atoms with van der Waals surface area (Å²) in [5.41, 5.74) is 1.81. The second-order valence-corrected chi connectivity index (χ2v) is 13.9. The van der Waals surface area contributed by atoms with E-state index in [1.54, 1.807) is 45.0 Å². The van der Waals surface area contributed by atoms with Gasteiger partial charge in [0.15, 0.2) is 5.03 Å². The highest BCUT2D eigenvalue weighted by Gasteiger charge is 2.43. The maximum absolute atomic E-state index is 13.8. The van der Waals surface area contributed by atoms with E-state index >= 15 is 0 Å². The minimum atomic E-state index is -4.05. The van der Waals surface area contributed by atoms with Crippen molar-refractivity contribution in [3.8, 4) is 0 Å². The smallest absolute Gasteiger partial charge is 0.416 e. The van der Waals surface area contributed by atoms with Crippen molar-refractivity contribution in [1.29, 1.82) is 0 Å². The molecular weight excluding hydrogens is 568 g/mol. The van der Waals surface area contributed by atoms with E-state index in [-0.39, 0.29) is 29.3 Å². The average molecular weight is 609 g/mol. The van der Waals surface area contributed by atoms with Gasteiger partial charge in [0, 0.05) is 12.7 Å². The predicted molar refractivity (Wildman–Crippen MR) is 163 cm³/mol. The van der Waals surface area contributed by atoms with E-state index in [4.69, 9.17) is 4.74 Å². The number of nitrogens with zero attached hydrogens (tertiary/aromatic N) is 4. The molecule has 0 bridgehead atoms. The fourth-order valence-electron chi connectivity index (χ4n) is 4.95. The summed E-state index contributed by atoms with van der Waals surface area (Å²) in [6.07, 6.45) is 6.41. The van der Waals surface area contributed by atoms with Crippen molar-refractivity contribution < 1.29 is 27.9 Å². The Morgan fingerprint density at radius 2 is 1.72 bits per heavy atom. The average Bonchev–Trinajstić information content (AvgIpc) is 3.75. The number of rotatable bonds is 13. The van der Waals surface area contributed by atoms with Gasteiger partial charge in [0.1, 0.15) is 18.0 Å². The van der Waals surface area contributed by atoms with E-state index in [1.807, 2.05) is 12.1 Å². The molecule has 3 aromatic rings. The number of carboxylic acid groups (broad SMARTS) is 1. The third-order valence-electron chi connectivity index (χ3n) is 7.34. The zero-order valence-electron chi connectivity index (χ0n) is 25.2. The SMILES string of the molecule is CCCCC1(c2ccc(CN(Cc3cccc(N(CC(=O)O)C(=O)OC(C)(C)C)n3)S(=O)(=O)c3ccccn3)cc2)CC1. The van der Waals surface area contributed by atoms with Crippen LogP contribution in [-0.4, -0.2) is 52.0 Å². The summed E-state index contributed by atoms with van der Waals surface area (Å²) in [6.45, 7) is 6.49. The Balaban J connectivity index is 1.63. The maximum Gasteiger partial charge on any atom is 0.416 e. The number of benzene rings is 1. The fraction of sp³-hybridized carbons (Fsp3) is 0.438. The maximum atomic E-state index is 13.8. The number of carboxylic acids is 1. The number of pyridine rings is 2. The molecule has 0 aliphatic heterocycles. The number of aromatic nitrogens is 2. The van der Waals surface area contributed by atoms with E-state index in [9.17, 15) is 23.1 Å². The first-order chi connectivity index (χ1) is 20.3. The van der Waals surface area contributed by atoms with Crippen molar-refractivity contribution >= 4 is 27.9 Å². The number of unbranched alkanes of at least 4 members (excludes halogenated alkanes) is 1. The first-order valence-corrected chi connectivity index (χ1v) is 16.0. The summed E-state index contributed by atoms with van der Waals surface area (Å²) in [5.74, 6) is -1.21. The lowest BCUT2D eigenvalue weighted by Crippen LogP contribution is -2.40. The van der Waals surface area contributed by atoms with Crippen molar-refractivity contribution in [1.82, 2.24) is 14.3 Å². The molecule has 1 fully saturated rings. The first-order valence-electron chi connectivity index (χ1n) is 14.5. The van der Waals surface area contributed by atoms with Crippen LogP contribution in [0.2, 0.25) is 0 Å². The summed E-state index contributed by atoms with van der Waals surface area (Å²) in [7, 11) is -4.05. The Kier molecular flexibility index (Phi) is 9.86. The minimum absolute atomic E-state index is 0.0375. The molecule has 0 spiro atoms. The van der Waals surface area contributed by atoms with Crippen molar-refractivity contribution in [2.24, 2.45) is 0 Å². The molecule has 230 valence electrons. The molecule has 2 aromatic heterocycles. The van der Waals surface area contributed by atoms with Gasteiger partial charge >= 0.3 is 12.1 Å². The summed E-state index contributed by atoms with van der Waals surface area (Å²) in [5, 5.41) is 9.35. The van der Waals surface area contributed by atoms with Crippen LogP contribution in [0.1, 0.15) is 76.6 Å². The second kappa shape index (κ2) is 13.2. The molecule has 4 rings (SSSR count). The summed E-state index contributed by atoms with van der Waals surface area (Å²) >= 11 is 0.